The fourth-order valence-electron chi connectivity index (χ4n) is 2.37. The van der Waals surface area contributed by atoms with Crippen LogP contribution in [0.2, 0.25) is 0 Å². The van der Waals surface area contributed by atoms with Crippen LogP contribution in [-0.2, 0) is 11.3 Å². The third-order valence-corrected chi connectivity index (χ3v) is 4.67. The Morgan fingerprint density at radius 1 is 1.50 bits per heavy atom. The lowest BCUT2D eigenvalue weighted by atomic mass is 9.98. The number of carbonyl (C=O) groups is 3. The van der Waals surface area contributed by atoms with E-state index >= 15 is 0 Å². The highest BCUT2D eigenvalue weighted by molar-refractivity contribution is 7.13. The fraction of sp³-hybridized carbons (Fsp3) is 0.538. The minimum Gasteiger partial charge on any atom is -0.544 e. The number of nitrogens with two attached hydrogens (primary N) is 1. The average Bonchev–Trinajstić information content (AvgIpc) is 2.86. The van der Waals surface area contributed by atoms with Crippen molar-refractivity contribution < 1.29 is 19.5 Å². The van der Waals surface area contributed by atoms with Crippen LogP contribution >= 0.6 is 11.3 Å². The molecule has 0 aromatic carbocycles. The van der Waals surface area contributed by atoms with Gasteiger partial charge in [0.05, 0.1) is 29.0 Å². The number of aromatic carboxylic acids is 1. The quantitative estimate of drug-likeness (QED) is 0.750. The number of amides is 3. The van der Waals surface area contributed by atoms with Gasteiger partial charge in [0.1, 0.15) is 5.01 Å². The Morgan fingerprint density at radius 3 is 2.82 bits per heavy atom. The first-order chi connectivity index (χ1) is 10.4. The molecule has 0 saturated carbocycles. The van der Waals surface area contributed by atoms with Crippen molar-refractivity contribution in [2.75, 3.05) is 13.1 Å². The minimum atomic E-state index is -1.27. The number of carboxylic acids is 1. The molecule has 120 valence electrons. The summed E-state index contributed by atoms with van der Waals surface area (Å²) in [6.07, 6.45) is 1.42. The highest BCUT2D eigenvalue weighted by Crippen LogP contribution is 2.18. The number of thiazole rings is 1. The Balaban J connectivity index is 1.91. The van der Waals surface area contributed by atoms with Gasteiger partial charge in [-0.2, -0.15) is 0 Å². The molecular weight excluding hydrogens is 308 g/mol. The zero-order valence-corrected chi connectivity index (χ0v) is 12.9. The highest BCUT2D eigenvalue weighted by atomic mass is 32.1. The van der Waals surface area contributed by atoms with Crippen LogP contribution in [0, 0.1) is 12.8 Å². The molecule has 0 aliphatic carbocycles. The maximum atomic E-state index is 12.1. The molecule has 1 aromatic rings. The van der Waals surface area contributed by atoms with Crippen LogP contribution in [0.25, 0.3) is 0 Å². The predicted molar refractivity (Wildman–Crippen MR) is 76.9 cm³/mol. The van der Waals surface area contributed by atoms with Crippen molar-refractivity contribution in [3.8, 4) is 0 Å². The number of nitrogens with one attached hydrogen (secondary N) is 1. The van der Waals surface area contributed by atoms with E-state index in [9.17, 15) is 19.5 Å². The lowest BCUT2D eigenvalue weighted by molar-refractivity contribution is -0.254. The number of nitrogens with zero attached hydrogens (tertiary/aromatic N) is 2. The average molecular weight is 325 g/mol. The van der Waals surface area contributed by atoms with Crippen molar-refractivity contribution >= 4 is 29.2 Å². The molecule has 1 aliphatic heterocycles. The number of urea groups is 1. The van der Waals surface area contributed by atoms with Crippen molar-refractivity contribution in [3.63, 3.8) is 0 Å². The standard InChI is InChI=1S/C13H18N4O4S/c1-7-10(12(19)20)22-9(16-7)5-15-13(21)17-4-2-3-8(6-17)11(14)18/h8H,2-6H2,1H3,(H2,14,18)(H,15,21)(H,19,20)/p-1. The van der Waals surface area contributed by atoms with Crippen molar-refractivity contribution in [2.45, 2.75) is 26.3 Å². The molecule has 8 nitrogen and oxygen atoms in total. The smallest absolute Gasteiger partial charge is 0.317 e. The number of aryl methyl sites for hydroxylation is 1. The van der Waals surface area contributed by atoms with Gasteiger partial charge in [-0.15, -0.1) is 11.3 Å². The lowest BCUT2D eigenvalue weighted by Crippen LogP contribution is -2.47. The molecule has 3 amide bonds. The Labute approximate surface area is 131 Å². The van der Waals surface area contributed by atoms with E-state index in [1.54, 1.807) is 11.8 Å². The van der Waals surface area contributed by atoms with Crippen LogP contribution < -0.4 is 16.2 Å². The van der Waals surface area contributed by atoms with Gasteiger partial charge in [0.2, 0.25) is 5.91 Å². The number of rotatable bonds is 4. The number of carboxylic acid groups (broad SMARTS) is 1. The van der Waals surface area contributed by atoms with Crippen LogP contribution in [0.3, 0.4) is 0 Å². The van der Waals surface area contributed by atoms with Crippen molar-refractivity contribution in [1.82, 2.24) is 15.2 Å². The molecule has 0 radical (unpaired) electrons. The summed E-state index contributed by atoms with van der Waals surface area (Å²) in [5.41, 5.74) is 5.65. The van der Waals surface area contributed by atoms with Gasteiger partial charge in [-0.1, -0.05) is 0 Å². The lowest BCUT2D eigenvalue weighted by Gasteiger charge is -2.31. The van der Waals surface area contributed by atoms with Gasteiger partial charge in [0.25, 0.3) is 0 Å². The normalized spacial score (nSPS) is 18.0. The van der Waals surface area contributed by atoms with Crippen LogP contribution in [-0.4, -0.2) is 40.9 Å². The van der Waals surface area contributed by atoms with Gasteiger partial charge >= 0.3 is 6.03 Å². The zero-order chi connectivity index (χ0) is 16.3. The maximum absolute atomic E-state index is 12.1. The third-order valence-electron chi connectivity index (χ3n) is 3.53. The molecule has 1 fully saturated rings. The molecule has 1 aromatic heterocycles. The number of primary amides is 1. The first-order valence-electron chi connectivity index (χ1n) is 6.88. The second kappa shape index (κ2) is 6.73. The molecule has 9 heteroatoms. The minimum absolute atomic E-state index is 0.0658. The summed E-state index contributed by atoms with van der Waals surface area (Å²) < 4.78 is 0. The second-order valence-electron chi connectivity index (χ2n) is 5.16. The molecule has 1 unspecified atom stereocenters. The molecule has 1 saturated heterocycles. The van der Waals surface area contributed by atoms with E-state index in [-0.39, 0.29) is 23.4 Å². The second-order valence-corrected chi connectivity index (χ2v) is 6.24. The molecule has 1 atom stereocenters. The number of aromatic nitrogens is 1. The third kappa shape index (κ3) is 3.73. The molecule has 3 N–H and O–H groups in total. The summed E-state index contributed by atoms with van der Waals surface area (Å²) in [5, 5.41) is 14.0. The monoisotopic (exact) mass is 325 g/mol. The summed E-state index contributed by atoms with van der Waals surface area (Å²) >= 11 is 0.981. The molecule has 2 rings (SSSR count). The predicted octanol–water partition coefficient (Wildman–Crippen LogP) is -0.778. The van der Waals surface area contributed by atoms with Crippen LogP contribution in [0.1, 0.15) is 33.2 Å². The number of hydrogen-bond acceptors (Lipinski definition) is 6. The van der Waals surface area contributed by atoms with Crippen molar-refractivity contribution in [1.29, 1.82) is 0 Å². The molecular formula is C13H17N4O4S-. The van der Waals surface area contributed by atoms with Crippen molar-refractivity contribution in [3.05, 3.63) is 15.6 Å². The SMILES string of the molecule is Cc1nc(CNC(=O)N2CCCC(C(N)=O)C2)sc1C(=O)[O-]. The van der Waals surface area contributed by atoms with Gasteiger partial charge in [0, 0.05) is 13.1 Å². The number of piperidine rings is 1. The Hall–Kier alpha value is -2.16. The largest absolute Gasteiger partial charge is 0.544 e. The summed E-state index contributed by atoms with van der Waals surface area (Å²) in [6, 6.07) is -0.311. The Kier molecular flexibility index (Phi) is 4.96. The molecule has 2 heterocycles. The number of hydrogen-bond donors (Lipinski definition) is 2. The molecule has 0 bridgehead atoms. The topological polar surface area (TPSA) is 128 Å². The van der Waals surface area contributed by atoms with E-state index in [4.69, 9.17) is 5.73 Å². The summed E-state index contributed by atoms with van der Waals surface area (Å²) in [5.74, 6) is -1.98. The van der Waals surface area contributed by atoms with Crippen LogP contribution in [0.5, 0.6) is 0 Å². The van der Waals surface area contributed by atoms with Gasteiger partial charge in [-0.3, -0.25) is 4.79 Å². The first-order valence-corrected chi connectivity index (χ1v) is 7.70. The van der Waals surface area contributed by atoms with E-state index in [1.807, 2.05) is 0 Å². The van der Waals surface area contributed by atoms with Crippen LogP contribution in [0.15, 0.2) is 0 Å². The Morgan fingerprint density at radius 2 is 2.23 bits per heavy atom. The first kappa shape index (κ1) is 16.2. The number of likely N-dealkylation sites (tertiary alicyclic amines) is 1. The zero-order valence-electron chi connectivity index (χ0n) is 12.1. The summed E-state index contributed by atoms with van der Waals surface area (Å²) in [7, 11) is 0. The van der Waals surface area contributed by atoms with Gasteiger partial charge in [-0.05, 0) is 19.8 Å². The molecule has 22 heavy (non-hydrogen) atoms. The Bertz CT molecular complexity index is 601. The molecule has 0 spiro atoms. The molecule has 1 aliphatic rings. The van der Waals surface area contributed by atoms with Crippen molar-refractivity contribution in [2.24, 2.45) is 11.7 Å². The van der Waals surface area contributed by atoms with Crippen LogP contribution in [0.4, 0.5) is 4.79 Å². The number of carbonyl (C=O) groups excluding carboxylic acids is 3. The van der Waals surface area contributed by atoms with Gasteiger partial charge < -0.3 is 25.9 Å². The highest BCUT2D eigenvalue weighted by Gasteiger charge is 2.26. The van der Waals surface area contributed by atoms with E-state index in [2.05, 4.69) is 10.3 Å². The van der Waals surface area contributed by atoms with Gasteiger partial charge in [0.15, 0.2) is 0 Å². The fourth-order valence-corrected chi connectivity index (χ4v) is 3.21. The summed E-state index contributed by atoms with van der Waals surface area (Å²) in [4.78, 5) is 39.8. The van der Waals surface area contributed by atoms with E-state index in [0.29, 0.717) is 30.2 Å². The van der Waals surface area contributed by atoms with E-state index < -0.39 is 11.9 Å². The van der Waals surface area contributed by atoms with Gasteiger partial charge in [-0.25, -0.2) is 9.78 Å². The summed E-state index contributed by atoms with van der Waals surface area (Å²) in [6.45, 7) is 2.59. The maximum Gasteiger partial charge on any atom is 0.317 e. The van der Waals surface area contributed by atoms with E-state index in [0.717, 1.165) is 17.8 Å². The van der Waals surface area contributed by atoms with E-state index in [1.165, 1.54) is 0 Å².